The molecule has 2 N–H and O–H groups in total. The largest absolute Gasteiger partial charge is 0.494 e. The lowest BCUT2D eigenvalue weighted by Crippen LogP contribution is -2.10. The third kappa shape index (κ3) is 3.26. The van der Waals surface area contributed by atoms with Crippen molar-refractivity contribution in [1.29, 1.82) is 0 Å². The number of thiazole rings is 1. The van der Waals surface area contributed by atoms with Crippen molar-refractivity contribution in [3.05, 3.63) is 73.3 Å². The highest BCUT2D eigenvalue weighted by molar-refractivity contribution is 7.09. The van der Waals surface area contributed by atoms with Gasteiger partial charge < -0.3 is 9.84 Å². The zero-order valence-corrected chi connectivity index (χ0v) is 16.8. The lowest BCUT2D eigenvalue weighted by Gasteiger charge is -2.25. The van der Waals surface area contributed by atoms with Crippen LogP contribution >= 0.6 is 22.9 Å². The Morgan fingerprint density at radius 2 is 2.00 bits per heavy atom. The zero-order valence-electron chi connectivity index (χ0n) is 15.2. The highest BCUT2D eigenvalue weighted by Crippen LogP contribution is 2.42. The van der Waals surface area contributed by atoms with E-state index < -0.39 is 0 Å². The number of halogens is 1. The summed E-state index contributed by atoms with van der Waals surface area (Å²) in [7, 11) is 0. The molecule has 146 valence electrons. The monoisotopic (exact) mass is 425 g/mol. The summed E-state index contributed by atoms with van der Waals surface area (Å²) in [4.78, 5) is 14.5. The summed E-state index contributed by atoms with van der Waals surface area (Å²) in [5.41, 5.74) is 2.26. The van der Waals surface area contributed by atoms with E-state index >= 15 is 0 Å². The minimum atomic E-state index is -0.238. The van der Waals surface area contributed by atoms with Crippen LogP contribution in [-0.2, 0) is 6.42 Å². The smallest absolute Gasteiger partial charge is 0.307 e. The van der Waals surface area contributed by atoms with Crippen LogP contribution in [0.4, 0.5) is 0 Å². The van der Waals surface area contributed by atoms with Crippen molar-refractivity contribution >= 4 is 33.7 Å². The van der Waals surface area contributed by atoms with Gasteiger partial charge in [0.15, 0.2) is 5.15 Å². The van der Waals surface area contributed by atoms with Gasteiger partial charge in [0, 0.05) is 16.7 Å². The minimum Gasteiger partial charge on any atom is -0.494 e. The number of aromatic hydroxyl groups is 1. The molecule has 29 heavy (non-hydrogen) atoms. The van der Waals surface area contributed by atoms with E-state index in [9.17, 15) is 9.90 Å². The van der Waals surface area contributed by atoms with Gasteiger partial charge in [-0.3, -0.25) is 9.78 Å². The van der Waals surface area contributed by atoms with Crippen molar-refractivity contribution in [1.82, 2.24) is 15.2 Å². The van der Waals surface area contributed by atoms with E-state index in [0.717, 1.165) is 52.5 Å². The van der Waals surface area contributed by atoms with Gasteiger partial charge in [-0.2, -0.15) is 0 Å². The summed E-state index contributed by atoms with van der Waals surface area (Å²) in [5.74, 6) is 1.05. The number of H-pyrrole nitrogens is 1. The second-order valence-electron chi connectivity index (χ2n) is 6.98. The molecule has 5 rings (SSSR count). The number of fused-ring (bicyclic) bond motifs is 2. The fourth-order valence-electron chi connectivity index (χ4n) is 3.93. The summed E-state index contributed by atoms with van der Waals surface area (Å²) >= 11 is 7.21. The van der Waals surface area contributed by atoms with Crippen molar-refractivity contribution in [3.63, 3.8) is 0 Å². The normalized spacial score (nSPS) is 16.0. The Bertz CT molecular complexity index is 1280. The molecule has 0 bridgehead atoms. The molecule has 2 aromatic heterocycles. The zero-order chi connectivity index (χ0) is 20.0. The maximum Gasteiger partial charge on any atom is 0.307 e. The number of ether oxygens (including phenoxy) is 1. The van der Waals surface area contributed by atoms with E-state index in [4.69, 9.17) is 16.3 Å². The van der Waals surface area contributed by atoms with Crippen LogP contribution in [0, 0.1) is 0 Å². The van der Waals surface area contributed by atoms with Gasteiger partial charge in [-0.25, -0.2) is 0 Å². The van der Waals surface area contributed by atoms with E-state index in [0.29, 0.717) is 21.7 Å². The topological polar surface area (TPSA) is 88.1 Å². The molecule has 0 amide bonds. The number of nitrogens with zero attached hydrogens (tertiary/aromatic N) is 2. The molecule has 0 aliphatic heterocycles. The van der Waals surface area contributed by atoms with Crippen molar-refractivity contribution < 1.29 is 9.84 Å². The standard InChI is InChI=1S/C21H16ClN3O3S/c22-18-15-5-1-2-6-16(15)20(25-24-18)28-12-8-9-13-11(10-12)4-3-7-14(13)17-19(26)23-21(27)29-17/h1-2,5-6,8-10,14,26H,3-4,7H2,(H,23,27). The van der Waals surface area contributed by atoms with Gasteiger partial charge in [-0.15, -0.1) is 10.2 Å². The Morgan fingerprint density at radius 3 is 2.79 bits per heavy atom. The predicted molar refractivity (Wildman–Crippen MR) is 112 cm³/mol. The van der Waals surface area contributed by atoms with E-state index in [-0.39, 0.29) is 16.7 Å². The number of hydrogen-bond acceptors (Lipinski definition) is 6. The lowest BCUT2D eigenvalue weighted by molar-refractivity contribution is 0.443. The number of aryl methyl sites for hydroxylation is 1. The number of aromatic nitrogens is 3. The summed E-state index contributed by atoms with van der Waals surface area (Å²) in [6.45, 7) is 0. The third-order valence-corrected chi connectivity index (χ3v) is 6.49. The maximum atomic E-state index is 11.6. The Hall–Kier alpha value is -2.90. The molecule has 1 unspecified atom stereocenters. The molecule has 2 heterocycles. The van der Waals surface area contributed by atoms with E-state index in [1.807, 2.05) is 42.5 Å². The summed E-state index contributed by atoms with van der Waals surface area (Å²) < 4.78 is 6.05. The molecule has 0 saturated carbocycles. The molecule has 2 aromatic carbocycles. The average Bonchev–Trinajstić information content (AvgIpc) is 3.07. The quantitative estimate of drug-likeness (QED) is 0.482. The minimum absolute atomic E-state index is 0.00732. The number of benzene rings is 2. The first kappa shape index (κ1) is 18.1. The average molecular weight is 426 g/mol. The molecule has 0 fully saturated rings. The highest BCUT2D eigenvalue weighted by Gasteiger charge is 2.27. The second kappa shape index (κ2) is 7.17. The fourth-order valence-corrected chi connectivity index (χ4v) is 5.01. The van der Waals surface area contributed by atoms with Crippen LogP contribution < -0.4 is 9.61 Å². The van der Waals surface area contributed by atoms with Gasteiger partial charge in [-0.05, 0) is 48.6 Å². The first-order valence-electron chi connectivity index (χ1n) is 9.23. The Kier molecular flexibility index (Phi) is 4.49. The number of aromatic amines is 1. The molecular weight excluding hydrogens is 410 g/mol. The molecule has 1 aliphatic carbocycles. The van der Waals surface area contributed by atoms with Crippen LogP contribution in [-0.4, -0.2) is 20.3 Å². The van der Waals surface area contributed by atoms with E-state index in [2.05, 4.69) is 15.2 Å². The SMILES string of the molecule is O=c1[nH]c(O)c(C2CCCc3cc(Oc4nnc(Cl)c5ccccc45)ccc32)s1. The first-order valence-corrected chi connectivity index (χ1v) is 10.4. The third-order valence-electron chi connectivity index (χ3n) is 5.22. The van der Waals surface area contributed by atoms with Crippen LogP contribution in [0.1, 0.15) is 34.8 Å². The molecule has 8 heteroatoms. The van der Waals surface area contributed by atoms with Gasteiger partial charge in [-0.1, -0.05) is 47.2 Å². The Balaban J connectivity index is 1.51. The van der Waals surface area contributed by atoms with Gasteiger partial charge >= 0.3 is 4.87 Å². The van der Waals surface area contributed by atoms with Crippen LogP contribution in [0.5, 0.6) is 17.5 Å². The van der Waals surface area contributed by atoms with E-state index in [1.54, 1.807) is 0 Å². The first-order chi connectivity index (χ1) is 14.1. The van der Waals surface area contributed by atoms with Crippen LogP contribution in [0.3, 0.4) is 0 Å². The van der Waals surface area contributed by atoms with Gasteiger partial charge in [0.25, 0.3) is 0 Å². The summed E-state index contributed by atoms with van der Waals surface area (Å²) in [6.07, 6.45) is 2.77. The molecule has 1 atom stereocenters. The fraction of sp³-hybridized carbons (Fsp3) is 0.190. The van der Waals surface area contributed by atoms with Crippen molar-refractivity contribution in [2.24, 2.45) is 0 Å². The van der Waals surface area contributed by atoms with Crippen molar-refractivity contribution in [2.45, 2.75) is 25.2 Å². The number of nitrogens with one attached hydrogen (secondary N) is 1. The molecule has 6 nitrogen and oxygen atoms in total. The van der Waals surface area contributed by atoms with Crippen LogP contribution in [0.15, 0.2) is 47.3 Å². The predicted octanol–water partition coefficient (Wildman–Crippen LogP) is 5.00. The Morgan fingerprint density at radius 1 is 1.17 bits per heavy atom. The van der Waals surface area contributed by atoms with Gasteiger partial charge in [0.1, 0.15) is 5.75 Å². The van der Waals surface area contributed by atoms with Crippen LogP contribution in [0.25, 0.3) is 10.8 Å². The van der Waals surface area contributed by atoms with Gasteiger partial charge in [0.05, 0.1) is 4.88 Å². The summed E-state index contributed by atoms with van der Waals surface area (Å²) in [5, 5.41) is 20.1. The second-order valence-corrected chi connectivity index (χ2v) is 8.35. The van der Waals surface area contributed by atoms with E-state index in [1.165, 1.54) is 0 Å². The molecular formula is C21H16ClN3O3S. The van der Waals surface area contributed by atoms with Gasteiger partial charge in [0.2, 0.25) is 11.8 Å². The van der Waals surface area contributed by atoms with Crippen molar-refractivity contribution in [3.8, 4) is 17.5 Å². The summed E-state index contributed by atoms with van der Waals surface area (Å²) in [6, 6.07) is 13.5. The van der Waals surface area contributed by atoms with Crippen LogP contribution in [0.2, 0.25) is 5.15 Å². The Labute approximate surface area is 174 Å². The molecule has 0 spiro atoms. The van der Waals surface area contributed by atoms with Crippen molar-refractivity contribution in [2.75, 3.05) is 0 Å². The molecule has 0 saturated heterocycles. The maximum absolute atomic E-state index is 11.6. The lowest BCUT2D eigenvalue weighted by atomic mass is 9.82. The molecule has 0 radical (unpaired) electrons. The molecule has 4 aromatic rings. The highest BCUT2D eigenvalue weighted by atomic mass is 35.5. The number of hydrogen-bond donors (Lipinski definition) is 2. The number of rotatable bonds is 3. The molecule has 1 aliphatic rings.